The zero-order valence-electron chi connectivity index (χ0n) is 17.1. The number of benzene rings is 1. The van der Waals surface area contributed by atoms with Gasteiger partial charge in [-0.05, 0) is 60.8 Å². The Hall–Kier alpha value is -2.61. The number of carbonyl (C=O) groups excluding carboxylic acids is 1. The molecule has 162 valence electrons. The van der Waals surface area contributed by atoms with Gasteiger partial charge in [-0.25, -0.2) is 5.43 Å². The lowest BCUT2D eigenvalue weighted by Crippen LogP contribution is -2.36. The number of halogens is 2. The molecule has 0 saturated carbocycles. The van der Waals surface area contributed by atoms with E-state index in [-0.39, 0.29) is 5.91 Å². The number of aromatic amines is 1. The van der Waals surface area contributed by atoms with E-state index in [0.29, 0.717) is 29.0 Å². The number of aromatic nitrogens is 2. The van der Waals surface area contributed by atoms with E-state index < -0.39 is 0 Å². The van der Waals surface area contributed by atoms with Crippen molar-refractivity contribution in [2.24, 2.45) is 5.10 Å². The van der Waals surface area contributed by atoms with Gasteiger partial charge in [-0.3, -0.25) is 9.89 Å². The Bertz CT molecular complexity index is 1070. The number of aryl methyl sites for hydroxylation is 1. The normalized spacial score (nSPS) is 18.4. The van der Waals surface area contributed by atoms with E-state index in [0.717, 1.165) is 48.5 Å². The molecule has 0 radical (unpaired) electrons. The minimum Gasteiger partial charge on any atom is -0.378 e. The van der Waals surface area contributed by atoms with Crippen LogP contribution in [0.4, 0.5) is 0 Å². The summed E-state index contributed by atoms with van der Waals surface area (Å²) in [4.78, 5) is 14.5. The highest BCUT2D eigenvalue weighted by molar-refractivity contribution is 6.35. The lowest BCUT2D eigenvalue weighted by molar-refractivity contribution is 0.0548. The van der Waals surface area contributed by atoms with Crippen LogP contribution in [-0.4, -0.2) is 53.5 Å². The van der Waals surface area contributed by atoms with Crippen molar-refractivity contribution in [2.75, 3.05) is 26.3 Å². The van der Waals surface area contributed by atoms with E-state index in [1.807, 2.05) is 19.1 Å². The maximum atomic E-state index is 12.2. The first-order chi connectivity index (χ1) is 15.0. The predicted molar refractivity (Wildman–Crippen MR) is 122 cm³/mol. The second kappa shape index (κ2) is 9.68. The highest BCUT2D eigenvalue weighted by Gasteiger charge is 2.25. The monoisotopic (exact) mass is 459 g/mol. The van der Waals surface area contributed by atoms with Crippen LogP contribution in [0.5, 0.6) is 0 Å². The molecule has 2 heterocycles. The Kier molecular flexibility index (Phi) is 6.75. The minimum atomic E-state index is -0.351. The average Bonchev–Trinajstić information content (AvgIpc) is 3.37. The fraction of sp³-hybridized carbons (Fsp3) is 0.318. The highest BCUT2D eigenvalue weighted by atomic mass is 35.5. The molecule has 0 bridgehead atoms. The molecule has 7 nitrogen and oxygen atoms in total. The van der Waals surface area contributed by atoms with Crippen molar-refractivity contribution in [1.29, 1.82) is 0 Å². The molecule has 1 saturated heterocycles. The fourth-order valence-corrected chi connectivity index (χ4v) is 4.20. The van der Waals surface area contributed by atoms with Crippen LogP contribution >= 0.6 is 23.2 Å². The van der Waals surface area contributed by atoms with E-state index in [2.05, 4.69) is 31.7 Å². The number of hydrazone groups is 1. The van der Waals surface area contributed by atoms with Crippen LogP contribution in [0, 0.1) is 6.92 Å². The average molecular weight is 460 g/mol. The summed E-state index contributed by atoms with van der Waals surface area (Å²) >= 11 is 12.4. The van der Waals surface area contributed by atoms with Gasteiger partial charge in [-0.2, -0.15) is 10.2 Å². The number of nitrogens with zero attached hydrogens (tertiary/aromatic N) is 3. The summed E-state index contributed by atoms with van der Waals surface area (Å²) in [6, 6.07) is 7.18. The van der Waals surface area contributed by atoms with Crippen LogP contribution in [-0.2, 0) is 4.74 Å². The third-order valence-corrected chi connectivity index (χ3v) is 5.78. The molecule has 2 N–H and O–H groups in total. The number of hydrogen-bond acceptors (Lipinski definition) is 5. The third-order valence-electron chi connectivity index (χ3n) is 5.22. The molecule has 1 amide bonds. The van der Waals surface area contributed by atoms with Crippen molar-refractivity contribution >= 4 is 41.4 Å². The van der Waals surface area contributed by atoms with Crippen molar-refractivity contribution in [3.63, 3.8) is 0 Å². The maximum absolute atomic E-state index is 12.2. The largest absolute Gasteiger partial charge is 0.378 e. The quantitative estimate of drug-likeness (QED) is 0.518. The van der Waals surface area contributed by atoms with E-state index >= 15 is 0 Å². The number of rotatable bonds is 5. The molecule has 1 fully saturated rings. The Balaban J connectivity index is 1.59. The molecule has 0 atom stereocenters. The lowest BCUT2D eigenvalue weighted by Gasteiger charge is -2.31. The molecule has 1 aromatic heterocycles. The molecule has 2 aliphatic rings. The summed E-state index contributed by atoms with van der Waals surface area (Å²) < 4.78 is 5.52. The predicted octanol–water partition coefficient (Wildman–Crippen LogP) is 4.20. The minimum absolute atomic E-state index is 0.307. The number of carbonyl (C=O) groups is 1. The summed E-state index contributed by atoms with van der Waals surface area (Å²) in [7, 11) is 0. The molecule has 2 aromatic rings. The summed E-state index contributed by atoms with van der Waals surface area (Å²) in [5.41, 5.74) is 7.98. The van der Waals surface area contributed by atoms with Gasteiger partial charge in [0, 0.05) is 34.5 Å². The topological polar surface area (TPSA) is 82.6 Å². The van der Waals surface area contributed by atoms with E-state index in [4.69, 9.17) is 27.9 Å². The zero-order valence-corrected chi connectivity index (χ0v) is 18.6. The van der Waals surface area contributed by atoms with Gasteiger partial charge < -0.3 is 9.64 Å². The van der Waals surface area contributed by atoms with Crippen molar-refractivity contribution in [2.45, 2.75) is 19.8 Å². The first-order valence-corrected chi connectivity index (χ1v) is 10.8. The van der Waals surface area contributed by atoms with Crippen LogP contribution < -0.4 is 5.43 Å². The van der Waals surface area contributed by atoms with Gasteiger partial charge in [0.05, 0.1) is 19.4 Å². The van der Waals surface area contributed by atoms with Crippen LogP contribution in [0.25, 0.3) is 6.08 Å². The summed E-state index contributed by atoms with van der Waals surface area (Å²) in [5, 5.41) is 12.1. The van der Waals surface area contributed by atoms with Crippen molar-refractivity contribution < 1.29 is 9.53 Å². The van der Waals surface area contributed by atoms with Gasteiger partial charge >= 0.3 is 0 Å². The molecule has 4 rings (SSSR count). The number of morpholine rings is 1. The van der Waals surface area contributed by atoms with Crippen molar-refractivity contribution in [1.82, 2.24) is 20.5 Å². The van der Waals surface area contributed by atoms with Gasteiger partial charge in [0.2, 0.25) is 0 Å². The van der Waals surface area contributed by atoms with Gasteiger partial charge in [-0.1, -0.05) is 29.3 Å². The second-order valence-electron chi connectivity index (χ2n) is 7.44. The van der Waals surface area contributed by atoms with Gasteiger partial charge in [-0.15, -0.1) is 0 Å². The number of amides is 1. The van der Waals surface area contributed by atoms with Crippen molar-refractivity contribution in [3.05, 3.63) is 68.1 Å². The molecule has 31 heavy (non-hydrogen) atoms. The SMILES string of the molecule is Cc1cc(C(=O)NN=CC2=C(N3CCOCC3)C(=Cc3ccc(Cl)cc3Cl)CC2)n[nH]1. The Morgan fingerprint density at radius 3 is 2.77 bits per heavy atom. The highest BCUT2D eigenvalue weighted by Crippen LogP contribution is 2.36. The van der Waals surface area contributed by atoms with Crippen LogP contribution in [0.3, 0.4) is 0 Å². The summed E-state index contributed by atoms with van der Waals surface area (Å²) in [6.07, 6.45) is 5.52. The molecular weight excluding hydrogens is 437 g/mol. The molecular formula is C22H23Cl2N5O2. The second-order valence-corrected chi connectivity index (χ2v) is 8.29. The maximum Gasteiger partial charge on any atom is 0.291 e. The molecule has 0 spiro atoms. The zero-order chi connectivity index (χ0) is 21.8. The molecule has 1 aliphatic carbocycles. The van der Waals surface area contributed by atoms with Gasteiger partial charge in [0.15, 0.2) is 5.69 Å². The number of ether oxygens (including phenoxy) is 1. The molecule has 1 aliphatic heterocycles. The van der Waals surface area contributed by atoms with Crippen LogP contribution in [0.15, 0.2) is 46.2 Å². The number of hydrogen-bond donors (Lipinski definition) is 2. The molecule has 0 unspecified atom stereocenters. The molecule has 1 aromatic carbocycles. The summed E-state index contributed by atoms with van der Waals surface area (Å²) in [5.74, 6) is -0.351. The van der Waals surface area contributed by atoms with Gasteiger partial charge in [0.1, 0.15) is 0 Å². The Morgan fingerprint density at radius 1 is 1.26 bits per heavy atom. The van der Waals surface area contributed by atoms with E-state index in [9.17, 15) is 4.79 Å². The van der Waals surface area contributed by atoms with E-state index in [1.54, 1.807) is 18.3 Å². The third kappa shape index (κ3) is 5.18. The number of allylic oxidation sites excluding steroid dienone is 2. The fourth-order valence-electron chi connectivity index (χ4n) is 3.74. The van der Waals surface area contributed by atoms with E-state index in [1.165, 1.54) is 5.57 Å². The Labute approximate surface area is 190 Å². The summed E-state index contributed by atoms with van der Waals surface area (Å²) in [6.45, 7) is 4.80. The van der Waals surface area contributed by atoms with Crippen LogP contribution in [0.2, 0.25) is 10.0 Å². The molecule has 9 heteroatoms. The first kappa shape index (κ1) is 21.6. The number of H-pyrrole nitrogens is 1. The van der Waals surface area contributed by atoms with Crippen molar-refractivity contribution in [3.8, 4) is 0 Å². The lowest BCUT2D eigenvalue weighted by atomic mass is 10.1. The van der Waals surface area contributed by atoms with Gasteiger partial charge in [0.25, 0.3) is 5.91 Å². The Morgan fingerprint density at radius 2 is 2.06 bits per heavy atom. The smallest absolute Gasteiger partial charge is 0.291 e. The standard InChI is InChI=1S/C22H23Cl2N5O2/c1-14-10-20(27-26-14)22(30)28-25-13-17-3-2-16(21(17)29-6-8-31-9-7-29)11-15-4-5-18(23)12-19(15)24/h4-5,10-13H,2-3,6-9H2,1H3,(H,26,27)(H,28,30). The van der Waals surface area contributed by atoms with Crippen LogP contribution in [0.1, 0.15) is 34.6 Å². The number of nitrogens with one attached hydrogen (secondary N) is 2. The first-order valence-electron chi connectivity index (χ1n) is 10.1.